The molecule has 2 N–H and O–H groups in total. The van der Waals surface area contributed by atoms with Crippen LogP contribution in [-0.2, 0) is 10.4 Å². The Balaban J connectivity index is 2.61. The molecule has 5 heteroatoms. The Hall–Kier alpha value is -1.26. The number of aliphatic carboxylic acids is 1. The van der Waals surface area contributed by atoms with Crippen LogP contribution in [0.4, 0.5) is 0 Å². The van der Waals surface area contributed by atoms with Gasteiger partial charge in [-0.05, 0) is 6.07 Å². The first kappa shape index (κ1) is 10.3. The van der Waals surface area contributed by atoms with Crippen LogP contribution in [0.5, 0.6) is 5.75 Å². The fraction of sp³-hybridized carbons (Fsp3) is 0.300. The van der Waals surface area contributed by atoms with Gasteiger partial charge < -0.3 is 14.9 Å². The number of hydrogen-bond acceptors (Lipinski definition) is 3. The fourth-order valence-electron chi connectivity index (χ4n) is 1.64. The molecule has 80 valence electrons. The van der Waals surface area contributed by atoms with Crippen molar-refractivity contribution in [3.8, 4) is 5.75 Å². The minimum atomic E-state index is -1.89. The quantitative estimate of drug-likeness (QED) is 0.763. The van der Waals surface area contributed by atoms with Crippen molar-refractivity contribution in [2.75, 3.05) is 6.61 Å². The van der Waals surface area contributed by atoms with E-state index in [1.807, 2.05) is 0 Å². The Labute approximate surface area is 91.1 Å². The number of halogens is 1. The molecule has 0 radical (unpaired) electrons. The van der Waals surface area contributed by atoms with Gasteiger partial charge in [0.25, 0.3) is 0 Å². The van der Waals surface area contributed by atoms with Gasteiger partial charge in [-0.2, -0.15) is 0 Å². The molecule has 1 unspecified atom stereocenters. The third kappa shape index (κ3) is 1.46. The van der Waals surface area contributed by atoms with Crippen LogP contribution >= 0.6 is 11.6 Å². The molecule has 1 aromatic rings. The summed E-state index contributed by atoms with van der Waals surface area (Å²) >= 11 is 5.85. The van der Waals surface area contributed by atoms with E-state index in [4.69, 9.17) is 21.4 Å². The minimum absolute atomic E-state index is 0.0235. The summed E-state index contributed by atoms with van der Waals surface area (Å²) in [5.74, 6) is -1.02. The average molecular weight is 229 g/mol. The van der Waals surface area contributed by atoms with Gasteiger partial charge >= 0.3 is 5.97 Å². The molecule has 0 amide bonds. The molecule has 15 heavy (non-hydrogen) atoms. The van der Waals surface area contributed by atoms with E-state index in [-0.39, 0.29) is 24.3 Å². The van der Waals surface area contributed by atoms with E-state index in [0.29, 0.717) is 5.02 Å². The molecule has 0 aromatic heterocycles. The van der Waals surface area contributed by atoms with Crippen LogP contribution in [-0.4, -0.2) is 22.8 Å². The number of carboxylic acids is 1. The zero-order chi connectivity index (χ0) is 11.1. The molecule has 1 atom stereocenters. The molecule has 0 spiro atoms. The van der Waals surface area contributed by atoms with Gasteiger partial charge in [0.05, 0.1) is 11.6 Å². The third-order valence-corrected chi connectivity index (χ3v) is 2.77. The Morgan fingerprint density at radius 2 is 2.27 bits per heavy atom. The highest BCUT2D eigenvalue weighted by molar-refractivity contribution is 6.32. The van der Waals surface area contributed by atoms with Gasteiger partial charge in [-0.15, -0.1) is 0 Å². The van der Waals surface area contributed by atoms with E-state index in [9.17, 15) is 9.90 Å². The lowest BCUT2D eigenvalue weighted by Crippen LogP contribution is -2.40. The lowest BCUT2D eigenvalue weighted by molar-refractivity contribution is -0.162. The maximum atomic E-state index is 11.0. The summed E-state index contributed by atoms with van der Waals surface area (Å²) in [5, 5.41) is 19.3. The van der Waals surface area contributed by atoms with Gasteiger partial charge in [0, 0.05) is 12.0 Å². The SMILES string of the molecule is O=C(O)C1(O)CCOc2c(Cl)cccc21. The Morgan fingerprint density at radius 1 is 1.53 bits per heavy atom. The van der Waals surface area contributed by atoms with E-state index in [1.54, 1.807) is 12.1 Å². The number of aliphatic hydroxyl groups is 1. The normalized spacial score (nSPS) is 24.1. The van der Waals surface area contributed by atoms with Gasteiger partial charge in [0.1, 0.15) is 5.75 Å². The summed E-state index contributed by atoms with van der Waals surface area (Å²) in [6.07, 6.45) is 0.0235. The molecule has 1 aliphatic heterocycles. The first-order valence-electron chi connectivity index (χ1n) is 4.43. The molecule has 0 aliphatic carbocycles. The van der Waals surface area contributed by atoms with E-state index in [1.165, 1.54) is 6.07 Å². The molecule has 1 aromatic carbocycles. The molecule has 1 aliphatic rings. The van der Waals surface area contributed by atoms with Crippen LogP contribution in [0.3, 0.4) is 0 Å². The second-order valence-corrected chi connectivity index (χ2v) is 3.79. The van der Waals surface area contributed by atoms with Crippen molar-refractivity contribution < 1.29 is 19.7 Å². The van der Waals surface area contributed by atoms with Gasteiger partial charge in [-0.1, -0.05) is 23.7 Å². The number of para-hydroxylation sites is 1. The molecule has 0 fully saturated rings. The molecule has 0 saturated carbocycles. The highest BCUT2D eigenvalue weighted by Crippen LogP contribution is 2.41. The summed E-state index contributed by atoms with van der Waals surface area (Å²) in [7, 11) is 0. The van der Waals surface area contributed by atoms with Crippen LogP contribution in [0.15, 0.2) is 18.2 Å². The number of carbonyl (C=O) groups is 1. The zero-order valence-corrected chi connectivity index (χ0v) is 8.49. The lowest BCUT2D eigenvalue weighted by atomic mass is 9.88. The van der Waals surface area contributed by atoms with Crippen molar-refractivity contribution in [2.24, 2.45) is 0 Å². The highest BCUT2D eigenvalue weighted by atomic mass is 35.5. The molecule has 4 nitrogen and oxygen atoms in total. The molecule has 2 rings (SSSR count). The highest BCUT2D eigenvalue weighted by Gasteiger charge is 2.43. The van der Waals surface area contributed by atoms with Crippen molar-refractivity contribution in [1.29, 1.82) is 0 Å². The summed E-state index contributed by atoms with van der Waals surface area (Å²) in [6, 6.07) is 4.69. The molecule has 0 saturated heterocycles. The van der Waals surface area contributed by atoms with Crippen LogP contribution in [0.1, 0.15) is 12.0 Å². The Kier molecular flexibility index (Phi) is 2.32. The molecule has 0 bridgehead atoms. The van der Waals surface area contributed by atoms with Crippen LogP contribution < -0.4 is 4.74 Å². The van der Waals surface area contributed by atoms with Gasteiger partial charge in [-0.3, -0.25) is 0 Å². The van der Waals surface area contributed by atoms with Crippen molar-refractivity contribution in [1.82, 2.24) is 0 Å². The summed E-state index contributed by atoms with van der Waals surface area (Å²) < 4.78 is 5.24. The predicted molar refractivity (Wildman–Crippen MR) is 53.1 cm³/mol. The monoisotopic (exact) mass is 228 g/mol. The van der Waals surface area contributed by atoms with E-state index >= 15 is 0 Å². The van der Waals surface area contributed by atoms with Crippen LogP contribution in [0, 0.1) is 0 Å². The van der Waals surface area contributed by atoms with Crippen molar-refractivity contribution in [3.63, 3.8) is 0 Å². The fourth-order valence-corrected chi connectivity index (χ4v) is 1.87. The van der Waals surface area contributed by atoms with Gasteiger partial charge in [-0.25, -0.2) is 4.79 Å². The molecule has 1 heterocycles. The first-order chi connectivity index (χ1) is 7.05. The average Bonchev–Trinajstić information content (AvgIpc) is 2.20. The molecular weight excluding hydrogens is 220 g/mol. The van der Waals surface area contributed by atoms with Crippen molar-refractivity contribution in [3.05, 3.63) is 28.8 Å². The zero-order valence-electron chi connectivity index (χ0n) is 7.74. The summed E-state index contributed by atoms with van der Waals surface area (Å²) in [4.78, 5) is 11.0. The predicted octanol–water partition coefficient (Wildman–Crippen LogP) is 1.39. The van der Waals surface area contributed by atoms with E-state index < -0.39 is 11.6 Å². The Morgan fingerprint density at radius 3 is 2.93 bits per heavy atom. The standard InChI is InChI=1S/C10H9ClO4/c11-7-3-1-2-6-8(7)15-5-4-10(6,14)9(12)13/h1-3,14H,4-5H2,(H,12,13). The van der Waals surface area contributed by atoms with E-state index in [0.717, 1.165) is 0 Å². The topological polar surface area (TPSA) is 66.8 Å². The number of benzene rings is 1. The first-order valence-corrected chi connectivity index (χ1v) is 4.81. The largest absolute Gasteiger partial charge is 0.491 e. The maximum Gasteiger partial charge on any atom is 0.340 e. The number of ether oxygens (including phenoxy) is 1. The maximum absolute atomic E-state index is 11.0. The summed E-state index contributed by atoms with van der Waals surface area (Å²) in [6.45, 7) is 0.138. The van der Waals surface area contributed by atoms with Crippen molar-refractivity contribution >= 4 is 17.6 Å². The summed E-state index contributed by atoms with van der Waals surface area (Å²) in [5.41, 5.74) is -1.67. The Bertz CT molecular complexity index is 418. The second kappa shape index (κ2) is 3.40. The van der Waals surface area contributed by atoms with Crippen molar-refractivity contribution in [2.45, 2.75) is 12.0 Å². The van der Waals surface area contributed by atoms with Crippen LogP contribution in [0.25, 0.3) is 0 Å². The van der Waals surface area contributed by atoms with E-state index in [2.05, 4.69) is 0 Å². The number of hydrogen-bond donors (Lipinski definition) is 2. The third-order valence-electron chi connectivity index (χ3n) is 2.48. The number of fused-ring (bicyclic) bond motifs is 1. The van der Waals surface area contributed by atoms with Gasteiger partial charge in [0.2, 0.25) is 0 Å². The lowest BCUT2D eigenvalue weighted by Gasteiger charge is -2.30. The molecular formula is C10H9ClO4. The number of rotatable bonds is 1. The minimum Gasteiger partial charge on any atom is -0.491 e. The number of carboxylic acid groups (broad SMARTS) is 1. The van der Waals surface area contributed by atoms with Gasteiger partial charge in [0.15, 0.2) is 5.60 Å². The second-order valence-electron chi connectivity index (χ2n) is 3.38. The smallest absolute Gasteiger partial charge is 0.340 e. The van der Waals surface area contributed by atoms with Crippen LogP contribution in [0.2, 0.25) is 5.02 Å².